The molecular formula is C21H30FN3O7S. The van der Waals surface area contributed by atoms with E-state index in [9.17, 15) is 22.4 Å². The fourth-order valence-electron chi connectivity index (χ4n) is 3.14. The Morgan fingerprint density at radius 1 is 1.30 bits per heavy atom. The van der Waals surface area contributed by atoms with Gasteiger partial charge in [0.15, 0.2) is 0 Å². The van der Waals surface area contributed by atoms with Crippen LogP contribution in [0.15, 0.2) is 35.1 Å². The summed E-state index contributed by atoms with van der Waals surface area (Å²) in [6, 6.07) is 2.71. The monoisotopic (exact) mass is 487 g/mol. The van der Waals surface area contributed by atoms with Crippen molar-refractivity contribution < 1.29 is 37.0 Å². The molecule has 2 heterocycles. The molecule has 0 atom stereocenters. The first-order valence-electron chi connectivity index (χ1n) is 10.5. The van der Waals surface area contributed by atoms with Crippen LogP contribution in [0.2, 0.25) is 0 Å². The number of aromatic nitrogens is 1. The molecule has 184 valence electrons. The van der Waals surface area contributed by atoms with Gasteiger partial charge >= 0.3 is 12.1 Å². The summed E-state index contributed by atoms with van der Waals surface area (Å²) in [4.78, 5) is 26.4. The Morgan fingerprint density at radius 2 is 1.97 bits per heavy atom. The maximum Gasteiger partial charge on any atom is 0.407 e. The number of nitrogens with zero attached hydrogens (tertiary/aromatic N) is 2. The standard InChI is InChI=1S/C21H30FN3O7S/c1-21(2,3)32-20(28)24-12-16(11-22)14-31-18-5-4-17(13-23-18)33(29,30)25-8-6-15(7-9-25)10-19(26)27/h4-5,11,13,15H,6-10,12,14H2,1-3H3,(H,24,28)(H,26,27)/b16-11+. The number of halogens is 1. The first-order valence-corrected chi connectivity index (χ1v) is 11.9. The van der Waals surface area contributed by atoms with Crippen LogP contribution in [0.4, 0.5) is 9.18 Å². The van der Waals surface area contributed by atoms with Gasteiger partial charge in [0.25, 0.3) is 0 Å². The minimum atomic E-state index is -3.76. The van der Waals surface area contributed by atoms with Gasteiger partial charge in [-0.2, -0.15) is 4.31 Å². The fraction of sp³-hybridized carbons (Fsp3) is 0.571. The molecule has 1 aromatic heterocycles. The molecular weight excluding hydrogens is 457 g/mol. The van der Waals surface area contributed by atoms with Crippen LogP contribution in [0.25, 0.3) is 0 Å². The van der Waals surface area contributed by atoms with Gasteiger partial charge in [-0.15, -0.1) is 0 Å². The number of ether oxygens (including phenoxy) is 2. The zero-order valence-corrected chi connectivity index (χ0v) is 19.7. The zero-order chi connectivity index (χ0) is 24.6. The van der Waals surface area contributed by atoms with Crippen molar-refractivity contribution in [2.24, 2.45) is 5.92 Å². The van der Waals surface area contributed by atoms with Crippen molar-refractivity contribution in [1.82, 2.24) is 14.6 Å². The summed E-state index contributed by atoms with van der Waals surface area (Å²) in [5.41, 5.74) is -0.552. The van der Waals surface area contributed by atoms with Gasteiger partial charge < -0.3 is 19.9 Å². The number of pyridine rings is 1. The molecule has 0 saturated carbocycles. The van der Waals surface area contributed by atoms with E-state index in [1.807, 2.05) is 0 Å². The maximum atomic E-state index is 13.1. The molecule has 1 aliphatic heterocycles. The summed E-state index contributed by atoms with van der Waals surface area (Å²) >= 11 is 0. The number of piperidine rings is 1. The van der Waals surface area contributed by atoms with Crippen LogP contribution < -0.4 is 10.1 Å². The third-order valence-corrected chi connectivity index (χ3v) is 6.68. The number of carbonyl (C=O) groups excluding carboxylic acids is 1. The number of carboxylic acid groups (broad SMARTS) is 1. The van der Waals surface area contributed by atoms with E-state index in [4.69, 9.17) is 14.6 Å². The maximum absolute atomic E-state index is 13.1. The number of amides is 1. The molecule has 0 aliphatic carbocycles. The molecule has 0 aromatic carbocycles. The van der Waals surface area contributed by atoms with Gasteiger partial charge in [0.05, 0.1) is 12.5 Å². The highest BCUT2D eigenvalue weighted by atomic mass is 32.2. The van der Waals surface area contributed by atoms with E-state index in [1.54, 1.807) is 20.8 Å². The lowest BCUT2D eigenvalue weighted by Gasteiger charge is -2.30. The van der Waals surface area contributed by atoms with Crippen molar-refractivity contribution in [3.05, 3.63) is 30.2 Å². The minimum absolute atomic E-state index is 0.0145. The Morgan fingerprint density at radius 3 is 2.48 bits per heavy atom. The van der Waals surface area contributed by atoms with Crippen LogP contribution in [0, 0.1) is 5.92 Å². The lowest BCUT2D eigenvalue weighted by atomic mass is 9.95. The number of carbonyl (C=O) groups is 2. The number of aliphatic carboxylic acids is 1. The SMILES string of the molecule is CC(C)(C)OC(=O)NC/C(=C\F)COc1ccc(S(=O)(=O)N2CCC(CC(=O)O)CC2)cn1. The molecule has 1 saturated heterocycles. The van der Waals surface area contributed by atoms with Crippen molar-refractivity contribution in [1.29, 1.82) is 0 Å². The van der Waals surface area contributed by atoms with E-state index in [1.165, 1.54) is 16.4 Å². The van der Waals surface area contributed by atoms with Crippen LogP contribution in [-0.2, 0) is 19.6 Å². The molecule has 1 aromatic rings. The Kier molecular flexibility index (Phi) is 9.17. The normalized spacial score (nSPS) is 16.3. The highest BCUT2D eigenvalue weighted by molar-refractivity contribution is 7.89. The number of rotatable bonds is 9. The topological polar surface area (TPSA) is 135 Å². The van der Waals surface area contributed by atoms with Crippen molar-refractivity contribution >= 4 is 22.1 Å². The summed E-state index contributed by atoms with van der Waals surface area (Å²) in [5.74, 6) is -0.835. The van der Waals surface area contributed by atoms with E-state index in [2.05, 4.69) is 10.3 Å². The fourth-order valence-corrected chi connectivity index (χ4v) is 4.56. The average molecular weight is 488 g/mol. The highest BCUT2D eigenvalue weighted by Crippen LogP contribution is 2.26. The second kappa shape index (κ2) is 11.4. The van der Waals surface area contributed by atoms with Gasteiger partial charge in [-0.1, -0.05) is 0 Å². The molecule has 10 nitrogen and oxygen atoms in total. The number of hydrogen-bond donors (Lipinski definition) is 2. The van der Waals surface area contributed by atoms with Crippen LogP contribution in [-0.4, -0.2) is 66.7 Å². The zero-order valence-electron chi connectivity index (χ0n) is 18.9. The van der Waals surface area contributed by atoms with Gasteiger partial charge in [-0.05, 0) is 45.6 Å². The van der Waals surface area contributed by atoms with E-state index in [0.717, 1.165) is 6.20 Å². The molecule has 2 rings (SSSR count). The smallest absolute Gasteiger partial charge is 0.407 e. The number of alkyl carbamates (subject to hydrolysis) is 1. The molecule has 2 N–H and O–H groups in total. The Bertz CT molecular complexity index is 951. The Labute approximate surface area is 192 Å². The van der Waals surface area contributed by atoms with E-state index in [0.29, 0.717) is 19.2 Å². The van der Waals surface area contributed by atoms with E-state index >= 15 is 0 Å². The van der Waals surface area contributed by atoms with Crippen LogP contribution >= 0.6 is 0 Å². The van der Waals surface area contributed by atoms with Gasteiger partial charge in [0.2, 0.25) is 15.9 Å². The summed E-state index contributed by atoms with van der Waals surface area (Å²) in [7, 11) is -3.76. The molecule has 12 heteroatoms. The van der Waals surface area contributed by atoms with Crippen molar-refractivity contribution in [3.8, 4) is 5.88 Å². The summed E-state index contributed by atoms with van der Waals surface area (Å²) in [6.07, 6.45) is 1.77. The molecule has 0 radical (unpaired) electrons. The average Bonchev–Trinajstić information content (AvgIpc) is 2.73. The lowest BCUT2D eigenvalue weighted by Crippen LogP contribution is -2.38. The molecule has 1 aliphatic rings. The Balaban J connectivity index is 1.87. The third-order valence-electron chi connectivity index (χ3n) is 4.80. The molecule has 0 spiro atoms. The highest BCUT2D eigenvalue weighted by Gasteiger charge is 2.30. The van der Waals surface area contributed by atoms with E-state index < -0.39 is 27.7 Å². The predicted molar refractivity (Wildman–Crippen MR) is 117 cm³/mol. The number of hydrogen-bond acceptors (Lipinski definition) is 7. The predicted octanol–water partition coefficient (Wildman–Crippen LogP) is 2.71. The second-order valence-corrected chi connectivity index (χ2v) is 10.6. The van der Waals surface area contributed by atoms with Crippen LogP contribution in [0.1, 0.15) is 40.0 Å². The second-order valence-electron chi connectivity index (χ2n) is 8.69. The largest absolute Gasteiger partial charge is 0.481 e. The minimum Gasteiger partial charge on any atom is -0.481 e. The van der Waals surface area contributed by atoms with E-state index in [-0.39, 0.29) is 54.9 Å². The molecule has 0 bridgehead atoms. The van der Waals surface area contributed by atoms with Gasteiger partial charge in [-0.25, -0.2) is 22.6 Å². The number of sulfonamides is 1. The first-order chi connectivity index (χ1) is 15.4. The van der Waals surface area contributed by atoms with Crippen molar-refractivity contribution in [2.75, 3.05) is 26.2 Å². The van der Waals surface area contributed by atoms with Crippen molar-refractivity contribution in [3.63, 3.8) is 0 Å². The number of nitrogens with one attached hydrogen (secondary N) is 1. The molecule has 1 amide bonds. The summed E-state index contributed by atoms with van der Waals surface area (Å²) in [5, 5.41) is 11.3. The molecule has 1 fully saturated rings. The first kappa shape index (κ1) is 26.5. The van der Waals surface area contributed by atoms with Crippen LogP contribution in [0.5, 0.6) is 5.88 Å². The lowest BCUT2D eigenvalue weighted by molar-refractivity contribution is -0.138. The van der Waals surface area contributed by atoms with Crippen molar-refractivity contribution in [2.45, 2.75) is 50.5 Å². The molecule has 33 heavy (non-hydrogen) atoms. The van der Waals surface area contributed by atoms with Gasteiger partial charge in [0, 0.05) is 37.7 Å². The Hall–Kier alpha value is -2.73. The number of carboxylic acids is 1. The molecule has 0 unspecified atom stereocenters. The van der Waals surface area contributed by atoms with Crippen LogP contribution in [0.3, 0.4) is 0 Å². The third kappa shape index (κ3) is 8.61. The summed E-state index contributed by atoms with van der Waals surface area (Å²) in [6.45, 7) is 5.27. The summed E-state index contributed by atoms with van der Waals surface area (Å²) < 4.78 is 50.5. The quantitative estimate of drug-likeness (QED) is 0.543. The van der Waals surface area contributed by atoms with Gasteiger partial charge in [0.1, 0.15) is 17.1 Å². The van der Waals surface area contributed by atoms with Gasteiger partial charge in [-0.3, -0.25) is 4.79 Å².